The Morgan fingerprint density at radius 2 is 1.33 bits per heavy atom. The summed E-state index contributed by atoms with van der Waals surface area (Å²) in [5.74, 6) is -1.14. The molecule has 2 aromatic rings. The number of rotatable bonds is 3. The summed E-state index contributed by atoms with van der Waals surface area (Å²) in [5.41, 5.74) is 1.37. The highest BCUT2D eigenvalue weighted by molar-refractivity contribution is 6.21. The molecule has 2 amide bonds. The maximum Gasteiger partial charge on any atom is 0.292 e. The molecule has 5 nitrogen and oxygen atoms in total. The molecule has 0 spiro atoms. The van der Waals surface area contributed by atoms with E-state index in [9.17, 15) is 18.4 Å². The van der Waals surface area contributed by atoms with Crippen LogP contribution in [-0.2, 0) is 9.59 Å². The van der Waals surface area contributed by atoms with Gasteiger partial charge < -0.3 is 9.80 Å². The van der Waals surface area contributed by atoms with Gasteiger partial charge in [0, 0.05) is 5.69 Å². The molecule has 0 unspecified atom stereocenters. The molecule has 2 saturated heterocycles. The first-order valence-corrected chi connectivity index (χ1v) is 9.00. The second-order valence-corrected chi connectivity index (χ2v) is 6.92. The lowest BCUT2D eigenvalue weighted by Gasteiger charge is -2.35. The van der Waals surface area contributed by atoms with E-state index in [1.165, 1.54) is 41.3 Å². The molecular formula is C20H20F2N3O2+. The van der Waals surface area contributed by atoms with E-state index in [0.29, 0.717) is 5.69 Å². The summed E-state index contributed by atoms with van der Waals surface area (Å²) in [4.78, 5) is 29.6. The number of hydrogen-bond acceptors (Lipinski definition) is 3. The molecule has 27 heavy (non-hydrogen) atoms. The third-order valence-corrected chi connectivity index (χ3v) is 5.32. The minimum Gasteiger partial charge on any atom is -0.360 e. The fourth-order valence-corrected chi connectivity index (χ4v) is 3.86. The van der Waals surface area contributed by atoms with Crippen LogP contribution in [0, 0.1) is 11.6 Å². The fraction of sp³-hybridized carbons (Fsp3) is 0.300. The maximum atomic E-state index is 13.1. The van der Waals surface area contributed by atoms with Gasteiger partial charge in [0.25, 0.3) is 5.91 Å². The van der Waals surface area contributed by atoms with E-state index in [-0.39, 0.29) is 24.1 Å². The zero-order valence-corrected chi connectivity index (χ0v) is 14.7. The molecule has 4 rings (SSSR count). The van der Waals surface area contributed by atoms with E-state index in [1.807, 2.05) is 0 Å². The minimum atomic E-state index is -0.406. The van der Waals surface area contributed by atoms with Gasteiger partial charge in [0.05, 0.1) is 38.3 Å². The number of amides is 2. The second-order valence-electron chi connectivity index (χ2n) is 6.92. The number of carbonyl (C=O) groups excluding carboxylic acids is 2. The summed E-state index contributed by atoms with van der Waals surface area (Å²) in [5, 5.41) is 0. The van der Waals surface area contributed by atoms with Crippen LogP contribution < -0.4 is 14.7 Å². The number of piperazine rings is 1. The lowest BCUT2D eigenvalue weighted by molar-refractivity contribution is -0.915. The molecule has 140 valence electrons. The van der Waals surface area contributed by atoms with Crippen LogP contribution in [0.25, 0.3) is 0 Å². The van der Waals surface area contributed by atoms with Crippen LogP contribution in [-0.4, -0.2) is 44.0 Å². The zero-order valence-electron chi connectivity index (χ0n) is 14.7. The molecule has 0 saturated carbocycles. The van der Waals surface area contributed by atoms with Crippen molar-refractivity contribution in [1.29, 1.82) is 0 Å². The molecule has 0 bridgehead atoms. The number of nitrogens with one attached hydrogen (secondary N) is 1. The smallest absolute Gasteiger partial charge is 0.292 e. The molecule has 2 heterocycles. The lowest BCUT2D eigenvalue weighted by atomic mass is 10.1. The Balaban J connectivity index is 1.43. The number of imide groups is 1. The van der Waals surface area contributed by atoms with Gasteiger partial charge in [-0.05, 0) is 48.5 Å². The van der Waals surface area contributed by atoms with Crippen molar-refractivity contribution in [2.24, 2.45) is 0 Å². The van der Waals surface area contributed by atoms with Crippen molar-refractivity contribution >= 4 is 23.2 Å². The van der Waals surface area contributed by atoms with Crippen molar-refractivity contribution in [2.75, 3.05) is 36.0 Å². The Bertz CT molecular complexity index is 847. The summed E-state index contributed by atoms with van der Waals surface area (Å²) in [6.07, 6.45) is 0.169. The topological polar surface area (TPSA) is 45.1 Å². The average molecular weight is 372 g/mol. The van der Waals surface area contributed by atoms with Crippen LogP contribution >= 0.6 is 0 Å². The minimum absolute atomic E-state index is 0.169. The summed E-state index contributed by atoms with van der Waals surface area (Å²) >= 11 is 0. The van der Waals surface area contributed by atoms with Gasteiger partial charge in [0.2, 0.25) is 5.91 Å². The molecule has 0 radical (unpaired) electrons. The highest BCUT2D eigenvalue weighted by Gasteiger charge is 2.46. The number of halogens is 2. The van der Waals surface area contributed by atoms with Crippen LogP contribution in [0.1, 0.15) is 6.42 Å². The average Bonchev–Trinajstić information content (AvgIpc) is 2.98. The van der Waals surface area contributed by atoms with Gasteiger partial charge in [-0.3, -0.25) is 9.59 Å². The first-order chi connectivity index (χ1) is 13.0. The third kappa shape index (κ3) is 3.42. The van der Waals surface area contributed by atoms with Crippen molar-refractivity contribution in [2.45, 2.75) is 12.5 Å². The quantitative estimate of drug-likeness (QED) is 0.818. The molecule has 7 heteroatoms. The second kappa shape index (κ2) is 7.08. The monoisotopic (exact) mass is 372 g/mol. The van der Waals surface area contributed by atoms with Crippen molar-refractivity contribution in [3.63, 3.8) is 0 Å². The van der Waals surface area contributed by atoms with E-state index in [4.69, 9.17) is 0 Å². The van der Waals surface area contributed by atoms with Crippen molar-refractivity contribution in [3.05, 3.63) is 60.2 Å². The predicted molar refractivity (Wildman–Crippen MR) is 96.6 cm³/mol. The van der Waals surface area contributed by atoms with E-state index >= 15 is 0 Å². The summed E-state index contributed by atoms with van der Waals surface area (Å²) in [6.45, 7) is 2.90. The van der Waals surface area contributed by atoms with E-state index in [2.05, 4.69) is 4.90 Å². The first kappa shape index (κ1) is 17.6. The van der Waals surface area contributed by atoms with Crippen LogP contribution in [0.15, 0.2) is 48.5 Å². The zero-order chi connectivity index (χ0) is 19.0. The number of benzene rings is 2. The Morgan fingerprint density at radius 1 is 0.815 bits per heavy atom. The number of carbonyl (C=O) groups is 2. The summed E-state index contributed by atoms with van der Waals surface area (Å²) < 4.78 is 26.2. The van der Waals surface area contributed by atoms with Crippen molar-refractivity contribution < 1.29 is 23.3 Å². The maximum absolute atomic E-state index is 13.1. The Labute approximate surface area is 155 Å². The molecule has 1 atom stereocenters. The molecule has 2 fully saturated rings. The molecule has 2 aliphatic rings. The van der Waals surface area contributed by atoms with Gasteiger partial charge in [0.15, 0.2) is 6.04 Å². The number of hydrogen-bond donors (Lipinski definition) is 1. The van der Waals surface area contributed by atoms with Gasteiger partial charge >= 0.3 is 0 Å². The molecule has 2 aromatic carbocycles. The van der Waals surface area contributed by atoms with Gasteiger partial charge in [0.1, 0.15) is 11.6 Å². The SMILES string of the molecule is O=C1C[C@H]([NH+]2CCN(c3ccc(F)cc3)CC2)C(=O)N1c1ccc(F)cc1. The highest BCUT2D eigenvalue weighted by Crippen LogP contribution is 2.22. The Morgan fingerprint density at radius 3 is 1.89 bits per heavy atom. The third-order valence-electron chi connectivity index (χ3n) is 5.32. The van der Waals surface area contributed by atoms with E-state index in [0.717, 1.165) is 36.8 Å². The number of nitrogens with zero attached hydrogens (tertiary/aromatic N) is 2. The van der Waals surface area contributed by atoms with E-state index in [1.54, 1.807) is 12.1 Å². The highest BCUT2D eigenvalue weighted by atomic mass is 19.1. The molecule has 0 aromatic heterocycles. The Kier molecular flexibility index (Phi) is 4.61. The lowest BCUT2D eigenvalue weighted by Crippen LogP contribution is -3.19. The van der Waals surface area contributed by atoms with Crippen LogP contribution in [0.2, 0.25) is 0 Å². The van der Waals surface area contributed by atoms with Crippen LogP contribution in [0.4, 0.5) is 20.2 Å². The van der Waals surface area contributed by atoms with E-state index < -0.39 is 11.9 Å². The molecular weight excluding hydrogens is 352 g/mol. The molecule has 2 aliphatic heterocycles. The summed E-state index contributed by atoms with van der Waals surface area (Å²) in [7, 11) is 0. The van der Waals surface area contributed by atoms with Crippen molar-refractivity contribution in [3.8, 4) is 0 Å². The Hall–Kier alpha value is -2.80. The summed E-state index contributed by atoms with van der Waals surface area (Å²) in [6, 6.07) is 11.4. The number of anilines is 2. The standard InChI is InChI=1S/C20H19F2N3O2/c21-14-1-5-16(6-2-14)23-9-11-24(12-10-23)18-13-19(26)25(20(18)27)17-7-3-15(22)4-8-17/h1-8,18H,9-13H2/p+1/t18-/m0/s1. The fourth-order valence-electron chi connectivity index (χ4n) is 3.86. The number of quaternary nitrogens is 1. The molecule has 1 N–H and O–H groups in total. The van der Waals surface area contributed by atoms with Gasteiger partial charge in [-0.1, -0.05) is 0 Å². The van der Waals surface area contributed by atoms with Gasteiger partial charge in [-0.2, -0.15) is 0 Å². The molecule has 0 aliphatic carbocycles. The van der Waals surface area contributed by atoms with Gasteiger partial charge in [-0.25, -0.2) is 13.7 Å². The van der Waals surface area contributed by atoms with Crippen LogP contribution in [0.5, 0.6) is 0 Å². The van der Waals surface area contributed by atoms with Crippen LogP contribution in [0.3, 0.4) is 0 Å². The first-order valence-electron chi connectivity index (χ1n) is 9.00. The normalized spacial score (nSPS) is 21.2. The predicted octanol–water partition coefficient (Wildman–Crippen LogP) is 1.00. The van der Waals surface area contributed by atoms with Gasteiger partial charge in [-0.15, -0.1) is 0 Å². The largest absolute Gasteiger partial charge is 0.360 e. The van der Waals surface area contributed by atoms with Crippen molar-refractivity contribution in [1.82, 2.24) is 0 Å².